The summed E-state index contributed by atoms with van der Waals surface area (Å²) in [5.74, 6) is -0.832. The van der Waals surface area contributed by atoms with Gasteiger partial charge in [-0.3, -0.25) is 9.48 Å². The number of fused-ring (bicyclic) bond motifs is 1. The normalized spacial score (nSPS) is 10.7. The first-order valence-electron chi connectivity index (χ1n) is 9.25. The Kier molecular flexibility index (Phi) is 5.50. The lowest BCUT2D eigenvalue weighted by Crippen LogP contribution is -2.21. The van der Waals surface area contributed by atoms with Crippen LogP contribution in [0.3, 0.4) is 0 Å². The molecule has 1 heterocycles. The maximum atomic E-state index is 12.8. The van der Waals surface area contributed by atoms with Crippen molar-refractivity contribution in [3.8, 4) is 11.3 Å². The molecule has 0 unspecified atom stereocenters. The van der Waals surface area contributed by atoms with Crippen LogP contribution in [0.15, 0.2) is 72.8 Å². The van der Waals surface area contributed by atoms with E-state index < -0.39 is 5.97 Å². The van der Waals surface area contributed by atoms with Gasteiger partial charge in [0.15, 0.2) is 0 Å². The number of nitrogens with zero attached hydrogens (tertiary/aromatic N) is 2. The highest BCUT2D eigenvalue weighted by Crippen LogP contribution is 2.30. The van der Waals surface area contributed by atoms with Gasteiger partial charge < -0.3 is 10.1 Å². The van der Waals surface area contributed by atoms with Gasteiger partial charge in [0.05, 0.1) is 23.9 Å². The minimum Gasteiger partial charge on any atom is -0.465 e. The van der Waals surface area contributed by atoms with Gasteiger partial charge in [0.2, 0.25) is 5.91 Å². The summed E-state index contributed by atoms with van der Waals surface area (Å²) in [6.07, 6.45) is 0. The van der Waals surface area contributed by atoms with Gasteiger partial charge >= 0.3 is 5.97 Å². The van der Waals surface area contributed by atoms with E-state index in [9.17, 15) is 9.59 Å². The Morgan fingerprint density at radius 1 is 1.03 bits per heavy atom. The molecule has 4 rings (SSSR count). The van der Waals surface area contributed by atoms with Gasteiger partial charge in [-0.15, -0.1) is 0 Å². The summed E-state index contributed by atoms with van der Waals surface area (Å²) >= 11 is 6.20. The zero-order chi connectivity index (χ0) is 21.1. The number of rotatable bonds is 5. The van der Waals surface area contributed by atoms with Crippen LogP contribution in [-0.4, -0.2) is 28.8 Å². The third kappa shape index (κ3) is 3.90. The van der Waals surface area contributed by atoms with Gasteiger partial charge in [-0.1, -0.05) is 54.1 Å². The molecule has 0 fully saturated rings. The van der Waals surface area contributed by atoms with Crippen LogP contribution < -0.4 is 5.32 Å². The summed E-state index contributed by atoms with van der Waals surface area (Å²) in [7, 11) is 1.30. The largest absolute Gasteiger partial charge is 0.465 e. The molecule has 0 spiro atoms. The fourth-order valence-electron chi connectivity index (χ4n) is 3.29. The monoisotopic (exact) mass is 419 g/mol. The minimum absolute atomic E-state index is 0.0273. The highest BCUT2D eigenvalue weighted by molar-refractivity contribution is 6.31. The average molecular weight is 420 g/mol. The number of para-hydroxylation sites is 1. The quantitative estimate of drug-likeness (QED) is 0.472. The third-order valence-electron chi connectivity index (χ3n) is 4.66. The van der Waals surface area contributed by atoms with Gasteiger partial charge in [0.1, 0.15) is 12.2 Å². The number of carbonyl (C=O) groups excluding carboxylic acids is 2. The fraction of sp³-hybridized carbons (Fsp3) is 0.0870. The molecule has 0 aliphatic rings. The van der Waals surface area contributed by atoms with Crippen molar-refractivity contribution in [1.82, 2.24) is 9.78 Å². The number of aromatic nitrogens is 2. The Labute approximate surface area is 178 Å². The average Bonchev–Trinajstić information content (AvgIpc) is 3.11. The van der Waals surface area contributed by atoms with E-state index in [1.165, 1.54) is 7.11 Å². The molecule has 4 aromatic rings. The van der Waals surface area contributed by atoms with E-state index in [-0.39, 0.29) is 18.0 Å². The molecule has 7 heteroatoms. The molecule has 3 aromatic carbocycles. The molecule has 150 valence electrons. The molecule has 0 bridgehead atoms. The van der Waals surface area contributed by atoms with Gasteiger partial charge in [-0.25, -0.2) is 4.79 Å². The van der Waals surface area contributed by atoms with Crippen molar-refractivity contribution in [2.75, 3.05) is 12.4 Å². The van der Waals surface area contributed by atoms with Crippen LogP contribution in [0.2, 0.25) is 5.02 Å². The van der Waals surface area contributed by atoms with Crippen molar-refractivity contribution in [1.29, 1.82) is 0 Å². The first kappa shape index (κ1) is 19.7. The standard InChI is InChI=1S/C23H18ClN3O3/c1-30-23(29)17-9-5-6-10-19(17)25-21(28)14-27-20-12-11-16(24)13-18(20)22(26-27)15-7-3-2-4-8-15/h2-13H,14H2,1H3,(H,25,28). The zero-order valence-electron chi connectivity index (χ0n) is 16.1. The molecule has 0 aliphatic carbocycles. The Morgan fingerprint density at radius 2 is 1.77 bits per heavy atom. The number of ether oxygens (including phenoxy) is 1. The van der Waals surface area contributed by atoms with Gasteiger partial charge in [-0.05, 0) is 30.3 Å². The Balaban J connectivity index is 1.67. The van der Waals surface area contributed by atoms with Crippen molar-refractivity contribution >= 4 is 40.1 Å². The Bertz CT molecular complexity index is 1240. The van der Waals surface area contributed by atoms with Gasteiger partial charge in [-0.2, -0.15) is 5.10 Å². The number of nitrogens with one attached hydrogen (secondary N) is 1. The summed E-state index contributed by atoms with van der Waals surface area (Å²) in [6, 6.07) is 21.9. The van der Waals surface area contributed by atoms with Crippen LogP contribution in [0.5, 0.6) is 0 Å². The topological polar surface area (TPSA) is 73.2 Å². The number of esters is 1. The maximum absolute atomic E-state index is 12.8. The molecule has 0 radical (unpaired) electrons. The second kappa shape index (κ2) is 8.39. The molecule has 0 atom stereocenters. The fourth-order valence-corrected chi connectivity index (χ4v) is 3.46. The first-order chi connectivity index (χ1) is 14.6. The van der Waals surface area contributed by atoms with Crippen molar-refractivity contribution in [2.24, 2.45) is 0 Å². The summed E-state index contributed by atoms with van der Waals surface area (Å²) in [4.78, 5) is 24.7. The smallest absolute Gasteiger partial charge is 0.339 e. The van der Waals surface area contributed by atoms with Gasteiger partial charge in [0, 0.05) is 16.0 Å². The molecule has 0 aliphatic heterocycles. The van der Waals surface area contributed by atoms with Crippen LogP contribution in [-0.2, 0) is 16.1 Å². The van der Waals surface area contributed by atoms with E-state index >= 15 is 0 Å². The summed E-state index contributed by atoms with van der Waals surface area (Å²) < 4.78 is 6.41. The minimum atomic E-state index is -0.517. The number of carbonyl (C=O) groups is 2. The Morgan fingerprint density at radius 3 is 2.53 bits per heavy atom. The van der Waals surface area contributed by atoms with E-state index in [4.69, 9.17) is 16.3 Å². The van der Waals surface area contributed by atoms with E-state index in [2.05, 4.69) is 10.4 Å². The lowest BCUT2D eigenvalue weighted by molar-refractivity contribution is -0.116. The second-order valence-electron chi connectivity index (χ2n) is 6.62. The first-order valence-corrected chi connectivity index (χ1v) is 9.63. The van der Waals surface area contributed by atoms with E-state index in [1.54, 1.807) is 35.0 Å². The van der Waals surface area contributed by atoms with Crippen molar-refractivity contribution in [3.05, 3.63) is 83.4 Å². The molecule has 1 aromatic heterocycles. The third-order valence-corrected chi connectivity index (χ3v) is 4.89. The Hall–Kier alpha value is -3.64. The van der Waals surface area contributed by atoms with E-state index in [1.807, 2.05) is 42.5 Å². The van der Waals surface area contributed by atoms with E-state index in [0.29, 0.717) is 10.7 Å². The summed E-state index contributed by atoms with van der Waals surface area (Å²) in [6.45, 7) is -0.0273. The second-order valence-corrected chi connectivity index (χ2v) is 7.06. The number of anilines is 1. The van der Waals surface area contributed by atoms with Crippen molar-refractivity contribution < 1.29 is 14.3 Å². The predicted molar refractivity (Wildman–Crippen MR) is 117 cm³/mol. The van der Waals surface area contributed by atoms with Crippen LogP contribution >= 0.6 is 11.6 Å². The molecule has 1 amide bonds. The van der Waals surface area contributed by atoms with Crippen LogP contribution in [0.25, 0.3) is 22.2 Å². The van der Waals surface area contributed by atoms with E-state index in [0.717, 1.165) is 22.2 Å². The molecular weight excluding hydrogens is 402 g/mol. The van der Waals surface area contributed by atoms with Crippen LogP contribution in [0, 0.1) is 0 Å². The number of benzene rings is 3. The summed E-state index contributed by atoms with van der Waals surface area (Å²) in [5.41, 5.74) is 3.14. The van der Waals surface area contributed by atoms with Crippen molar-refractivity contribution in [2.45, 2.75) is 6.54 Å². The zero-order valence-corrected chi connectivity index (χ0v) is 16.9. The maximum Gasteiger partial charge on any atom is 0.339 e. The highest BCUT2D eigenvalue weighted by atomic mass is 35.5. The molecule has 6 nitrogen and oxygen atoms in total. The molecule has 1 N–H and O–H groups in total. The number of hydrogen-bond donors (Lipinski definition) is 1. The number of methoxy groups -OCH3 is 1. The molecular formula is C23H18ClN3O3. The van der Waals surface area contributed by atoms with Gasteiger partial charge in [0.25, 0.3) is 0 Å². The molecule has 0 saturated carbocycles. The number of halogens is 1. The number of amides is 1. The SMILES string of the molecule is COC(=O)c1ccccc1NC(=O)Cn1nc(-c2ccccc2)c2cc(Cl)ccc21. The summed E-state index contributed by atoms with van der Waals surface area (Å²) in [5, 5.41) is 8.89. The molecule has 0 saturated heterocycles. The number of hydrogen-bond acceptors (Lipinski definition) is 4. The predicted octanol–water partition coefficient (Wildman–Crippen LogP) is 4.78. The molecule has 30 heavy (non-hydrogen) atoms. The van der Waals surface area contributed by atoms with Crippen LogP contribution in [0.4, 0.5) is 5.69 Å². The lowest BCUT2D eigenvalue weighted by atomic mass is 10.1. The van der Waals surface area contributed by atoms with Crippen LogP contribution in [0.1, 0.15) is 10.4 Å². The highest BCUT2D eigenvalue weighted by Gasteiger charge is 2.17. The lowest BCUT2D eigenvalue weighted by Gasteiger charge is -2.10. The van der Waals surface area contributed by atoms with Crippen molar-refractivity contribution in [3.63, 3.8) is 0 Å².